The van der Waals surface area contributed by atoms with Crippen LogP contribution in [-0.2, 0) is 6.54 Å². The molecule has 0 saturated heterocycles. The minimum absolute atomic E-state index is 0. The lowest BCUT2D eigenvalue weighted by Gasteiger charge is -2.21. The molecule has 3 nitrogen and oxygen atoms in total. The van der Waals surface area contributed by atoms with Gasteiger partial charge in [0, 0.05) is 32.7 Å². The number of halogens is 2. The van der Waals surface area contributed by atoms with Gasteiger partial charge in [-0.3, -0.25) is 4.99 Å². The van der Waals surface area contributed by atoms with Crippen LogP contribution >= 0.6 is 24.0 Å². The van der Waals surface area contributed by atoms with Crippen molar-refractivity contribution in [3.05, 3.63) is 35.6 Å². The Balaban J connectivity index is 0.00000324. The van der Waals surface area contributed by atoms with Crippen LogP contribution in [0.4, 0.5) is 4.39 Å². The number of guanidine groups is 1. The zero-order valence-electron chi connectivity index (χ0n) is 11.8. The van der Waals surface area contributed by atoms with E-state index in [9.17, 15) is 4.39 Å². The molecule has 0 amide bonds. The summed E-state index contributed by atoms with van der Waals surface area (Å²) in [5.41, 5.74) is 0.655. The predicted octanol–water partition coefficient (Wildman–Crippen LogP) is 3.25. The molecule has 19 heavy (non-hydrogen) atoms. The number of rotatable bonds is 5. The van der Waals surface area contributed by atoms with Gasteiger partial charge in [0.2, 0.25) is 0 Å². The highest BCUT2D eigenvalue weighted by Crippen LogP contribution is 2.05. The van der Waals surface area contributed by atoms with Crippen molar-refractivity contribution in [2.45, 2.75) is 26.3 Å². The first-order valence-corrected chi connectivity index (χ1v) is 6.34. The van der Waals surface area contributed by atoms with Crippen LogP contribution in [-0.4, -0.2) is 31.5 Å². The summed E-state index contributed by atoms with van der Waals surface area (Å²) in [6.45, 7) is 3.56. The summed E-state index contributed by atoms with van der Waals surface area (Å²) in [6.07, 6.45) is 2.27. The molecule has 0 spiro atoms. The quantitative estimate of drug-likeness (QED) is 0.483. The first-order valence-electron chi connectivity index (χ1n) is 6.34. The molecule has 0 saturated carbocycles. The first-order chi connectivity index (χ1) is 8.69. The topological polar surface area (TPSA) is 27.6 Å². The molecule has 0 radical (unpaired) electrons. The van der Waals surface area contributed by atoms with Crippen LogP contribution < -0.4 is 5.32 Å². The maximum atomic E-state index is 13.5. The maximum Gasteiger partial charge on any atom is 0.193 e. The summed E-state index contributed by atoms with van der Waals surface area (Å²) < 4.78 is 13.5. The molecule has 1 aromatic carbocycles. The second-order valence-electron chi connectivity index (χ2n) is 4.27. The van der Waals surface area contributed by atoms with E-state index in [2.05, 4.69) is 22.1 Å². The standard InChI is InChI=1S/C14H22FN3.HI/c1-4-5-10-18(3)14(16-2)17-11-12-8-6-7-9-13(12)15;/h6-9H,4-5,10-11H2,1-3H3,(H,16,17);1H. The fourth-order valence-electron chi connectivity index (χ4n) is 1.70. The van der Waals surface area contributed by atoms with E-state index < -0.39 is 0 Å². The molecule has 1 rings (SSSR count). The molecule has 1 aromatic rings. The van der Waals surface area contributed by atoms with Crippen molar-refractivity contribution in [2.75, 3.05) is 20.6 Å². The normalized spacial score (nSPS) is 10.8. The molecule has 0 aliphatic heterocycles. The largest absolute Gasteiger partial charge is 0.352 e. The second-order valence-corrected chi connectivity index (χ2v) is 4.27. The van der Waals surface area contributed by atoms with Gasteiger partial charge in [-0.2, -0.15) is 0 Å². The minimum Gasteiger partial charge on any atom is -0.352 e. The van der Waals surface area contributed by atoms with Gasteiger partial charge in [0.15, 0.2) is 5.96 Å². The summed E-state index contributed by atoms with van der Waals surface area (Å²) in [5.74, 6) is 0.614. The predicted molar refractivity (Wildman–Crippen MR) is 89.6 cm³/mol. The average molecular weight is 379 g/mol. The van der Waals surface area contributed by atoms with Gasteiger partial charge in [-0.05, 0) is 12.5 Å². The van der Waals surface area contributed by atoms with Crippen LogP contribution in [0.5, 0.6) is 0 Å². The van der Waals surface area contributed by atoms with E-state index >= 15 is 0 Å². The summed E-state index contributed by atoms with van der Waals surface area (Å²) in [5, 5.41) is 3.17. The molecule has 0 bridgehead atoms. The summed E-state index contributed by atoms with van der Waals surface area (Å²) in [7, 11) is 3.73. The van der Waals surface area contributed by atoms with Gasteiger partial charge in [0.1, 0.15) is 5.82 Å². The fraction of sp³-hybridized carbons (Fsp3) is 0.500. The monoisotopic (exact) mass is 379 g/mol. The molecule has 5 heteroatoms. The van der Waals surface area contributed by atoms with Gasteiger partial charge in [-0.25, -0.2) is 4.39 Å². The van der Waals surface area contributed by atoms with Crippen molar-refractivity contribution in [1.29, 1.82) is 0 Å². The van der Waals surface area contributed by atoms with Crippen LogP contribution in [0, 0.1) is 5.82 Å². The van der Waals surface area contributed by atoms with Crippen LogP contribution in [0.2, 0.25) is 0 Å². The van der Waals surface area contributed by atoms with Crippen LogP contribution in [0.3, 0.4) is 0 Å². The number of nitrogens with zero attached hydrogens (tertiary/aromatic N) is 2. The molecular weight excluding hydrogens is 356 g/mol. The van der Waals surface area contributed by atoms with Crippen molar-refractivity contribution < 1.29 is 4.39 Å². The Morgan fingerprint density at radius 3 is 2.63 bits per heavy atom. The third kappa shape index (κ3) is 6.22. The van der Waals surface area contributed by atoms with Gasteiger partial charge in [0.05, 0.1) is 0 Å². The third-order valence-electron chi connectivity index (χ3n) is 2.82. The Morgan fingerprint density at radius 1 is 1.37 bits per heavy atom. The van der Waals surface area contributed by atoms with E-state index in [1.54, 1.807) is 19.2 Å². The molecule has 0 unspecified atom stereocenters. The Labute approximate surface area is 132 Å². The van der Waals surface area contributed by atoms with E-state index in [0.717, 1.165) is 25.3 Å². The highest BCUT2D eigenvalue weighted by Gasteiger charge is 2.06. The molecule has 0 aliphatic rings. The van der Waals surface area contributed by atoms with Crippen molar-refractivity contribution in [3.8, 4) is 0 Å². The summed E-state index contributed by atoms with van der Waals surface area (Å²) >= 11 is 0. The Bertz CT molecular complexity index is 396. The highest BCUT2D eigenvalue weighted by molar-refractivity contribution is 14.0. The Kier molecular flexibility index (Phi) is 9.55. The molecule has 0 aliphatic carbocycles. The number of aliphatic imine (C=N–C) groups is 1. The van der Waals surface area contributed by atoms with Crippen molar-refractivity contribution >= 4 is 29.9 Å². The maximum absolute atomic E-state index is 13.5. The number of benzene rings is 1. The third-order valence-corrected chi connectivity index (χ3v) is 2.82. The molecule has 0 atom stereocenters. The summed E-state index contributed by atoms with van der Waals surface area (Å²) in [4.78, 5) is 6.25. The fourth-order valence-corrected chi connectivity index (χ4v) is 1.70. The Hall–Kier alpha value is -0.850. The molecule has 0 heterocycles. The molecule has 108 valence electrons. The van der Waals surface area contributed by atoms with Gasteiger partial charge >= 0.3 is 0 Å². The average Bonchev–Trinajstić information content (AvgIpc) is 2.39. The number of nitrogens with one attached hydrogen (secondary N) is 1. The van der Waals surface area contributed by atoms with Crippen LogP contribution in [0.1, 0.15) is 25.3 Å². The van der Waals surface area contributed by atoms with Gasteiger partial charge in [0.25, 0.3) is 0 Å². The van der Waals surface area contributed by atoms with Gasteiger partial charge in [-0.15, -0.1) is 24.0 Å². The second kappa shape index (κ2) is 10.00. The number of unbranched alkanes of at least 4 members (excludes halogenated alkanes) is 1. The van der Waals surface area contributed by atoms with Crippen LogP contribution in [0.25, 0.3) is 0 Å². The molecule has 0 fully saturated rings. The van der Waals surface area contributed by atoms with E-state index in [0.29, 0.717) is 12.1 Å². The van der Waals surface area contributed by atoms with E-state index in [4.69, 9.17) is 0 Å². The van der Waals surface area contributed by atoms with Crippen molar-refractivity contribution in [2.24, 2.45) is 4.99 Å². The van der Waals surface area contributed by atoms with Gasteiger partial charge in [-0.1, -0.05) is 31.5 Å². The zero-order chi connectivity index (χ0) is 13.4. The highest BCUT2D eigenvalue weighted by atomic mass is 127. The minimum atomic E-state index is -0.184. The van der Waals surface area contributed by atoms with E-state index in [1.807, 2.05) is 13.1 Å². The van der Waals surface area contributed by atoms with Crippen LogP contribution in [0.15, 0.2) is 29.3 Å². The lowest BCUT2D eigenvalue weighted by atomic mass is 10.2. The summed E-state index contributed by atoms with van der Waals surface area (Å²) in [6, 6.07) is 6.78. The first kappa shape index (κ1) is 18.1. The molecule has 1 N–H and O–H groups in total. The van der Waals surface area contributed by atoms with E-state index in [1.165, 1.54) is 6.07 Å². The lowest BCUT2D eigenvalue weighted by Crippen LogP contribution is -2.39. The SMILES string of the molecule is CCCCN(C)C(=NC)NCc1ccccc1F.I. The van der Waals surface area contributed by atoms with Crippen molar-refractivity contribution in [1.82, 2.24) is 10.2 Å². The van der Waals surface area contributed by atoms with Gasteiger partial charge < -0.3 is 10.2 Å². The number of hydrogen-bond acceptors (Lipinski definition) is 1. The smallest absolute Gasteiger partial charge is 0.193 e. The molecular formula is C14H23FIN3. The number of hydrogen-bond donors (Lipinski definition) is 1. The Morgan fingerprint density at radius 2 is 2.05 bits per heavy atom. The lowest BCUT2D eigenvalue weighted by molar-refractivity contribution is 0.463. The van der Waals surface area contributed by atoms with Crippen molar-refractivity contribution in [3.63, 3.8) is 0 Å². The van der Waals surface area contributed by atoms with E-state index in [-0.39, 0.29) is 29.8 Å². The molecule has 0 aromatic heterocycles. The zero-order valence-corrected chi connectivity index (χ0v) is 14.1.